The van der Waals surface area contributed by atoms with Gasteiger partial charge in [-0.2, -0.15) is 0 Å². The highest BCUT2D eigenvalue weighted by Gasteiger charge is 2.43. The van der Waals surface area contributed by atoms with Crippen LogP contribution in [0.15, 0.2) is 63.5 Å². The molecule has 2 aliphatic carbocycles. The van der Waals surface area contributed by atoms with Crippen molar-refractivity contribution in [1.82, 2.24) is 0 Å². The quantitative estimate of drug-likeness (QED) is 0.527. The number of allylic oxidation sites excluding steroid dienone is 4. The first-order valence-corrected chi connectivity index (χ1v) is 10.1. The molecule has 2 aromatic rings. The van der Waals surface area contributed by atoms with Crippen molar-refractivity contribution in [3.8, 4) is 11.3 Å². The van der Waals surface area contributed by atoms with Crippen LogP contribution in [0.1, 0.15) is 50.2 Å². The number of carbonyl (C=O) groups excluding carboxylic acids is 2. The molecule has 0 unspecified atom stereocenters. The summed E-state index contributed by atoms with van der Waals surface area (Å²) in [6.07, 6.45) is 3.72. The molecular weight excluding hydrogens is 386 g/mol. The monoisotopic (exact) mass is 405 g/mol. The summed E-state index contributed by atoms with van der Waals surface area (Å²) in [4.78, 5) is 36.0. The number of ketones is 2. The lowest BCUT2D eigenvalue weighted by molar-refractivity contribution is -0.384. The van der Waals surface area contributed by atoms with Crippen molar-refractivity contribution < 1.29 is 23.7 Å². The highest BCUT2D eigenvalue weighted by Crippen LogP contribution is 2.48. The van der Waals surface area contributed by atoms with Crippen LogP contribution in [0, 0.1) is 10.1 Å². The number of nitrogens with zero attached hydrogens (tertiary/aromatic N) is 1. The fourth-order valence-electron chi connectivity index (χ4n) is 4.51. The Morgan fingerprint density at radius 3 is 2.00 bits per heavy atom. The zero-order chi connectivity index (χ0) is 20.8. The minimum atomic E-state index is -0.545. The van der Waals surface area contributed by atoms with Gasteiger partial charge in [-0.15, -0.1) is 0 Å². The van der Waals surface area contributed by atoms with Crippen LogP contribution in [0.2, 0.25) is 0 Å². The number of nitro groups is 1. The first-order chi connectivity index (χ1) is 14.5. The van der Waals surface area contributed by atoms with Crippen molar-refractivity contribution in [1.29, 1.82) is 0 Å². The van der Waals surface area contributed by atoms with Crippen molar-refractivity contribution in [3.63, 3.8) is 0 Å². The number of ether oxygens (including phenoxy) is 1. The molecule has 0 radical (unpaired) electrons. The van der Waals surface area contributed by atoms with Gasteiger partial charge in [-0.05, 0) is 37.1 Å². The number of hydrogen-bond donors (Lipinski definition) is 0. The van der Waals surface area contributed by atoms with E-state index in [0.717, 1.165) is 12.8 Å². The molecule has 0 amide bonds. The van der Waals surface area contributed by atoms with Crippen LogP contribution in [0.3, 0.4) is 0 Å². The van der Waals surface area contributed by atoms with Gasteiger partial charge < -0.3 is 9.15 Å². The number of non-ortho nitro benzene ring substituents is 1. The van der Waals surface area contributed by atoms with E-state index in [-0.39, 0.29) is 17.3 Å². The lowest BCUT2D eigenvalue weighted by atomic mass is 9.75. The fraction of sp³-hybridized carbons (Fsp3) is 0.304. The van der Waals surface area contributed by atoms with E-state index in [4.69, 9.17) is 9.15 Å². The summed E-state index contributed by atoms with van der Waals surface area (Å²) in [7, 11) is 0. The van der Waals surface area contributed by atoms with Crippen molar-refractivity contribution in [2.24, 2.45) is 0 Å². The van der Waals surface area contributed by atoms with Crippen molar-refractivity contribution >= 4 is 17.3 Å². The van der Waals surface area contributed by atoms with Crippen molar-refractivity contribution in [2.75, 3.05) is 0 Å². The number of nitro benzene ring substituents is 1. The molecule has 1 aromatic carbocycles. The van der Waals surface area contributed by atoms with Gasteiger partial charge in [-0.1, -0.05) is 0 Å². The average Bonchev–Trinajstić information content (AvgIpc) is 3.23. The van der Waals surface area contributed by atoms with Crippen LogP contribution in [0.4, 0.5) is 5.69 Å². The molecule has 0 spiro atoms. The van der Waals surface area contributed by atoms with Gasteiger partial charge in [0.15, 0.2) is 11.6 Å². The number of carbonyl (C=O) groups is 2. The van der Waals surface area contributed by atoms with Gasteiger partial charge in [0.05, 0.1) is 10.8 Å². The fourth-order valence-corrected chi connectivity index (χ4v) is 4.51. The van der Waals surface area contributed by atoms with E-state index in [1.54, 1.807) is 24.3 Å². The Kier molecular flexibility index (Phi) is 4.38. The number of Topliss-reactive ketones (excluding diaryl/α,β-unsaturated/α-hetero) is 2. The summed E-state index contributed by atoms with van der Waals surface area (Å²) in [5, 5.41) is 10.9. The standard InChI is InChI=1S/C23H19NO6/c25-15-3-1-5-18-21(15)23(22-16(26)4-2-6-19(22)30-18)20-12-11-17(29-20)13-7-9-14(10-8-13)24(27)28/h7-12,23H,1-6H2. The van der Waals surface area contributed by atoms with Gasteiger partial charge in [0.25, 0.3) is 5.69 Å². The van der Waals surface area contributed by atoms with Gasteiger partial charge >= 0.3 is 0 Å². The molecule has 7 heteroatoms. The molecule has 3 aliphatic rings. The zero-order valence-electron chi connectivity index (χ0n) is 16.2. The maximum Gasteiger partial charge on any atom is 0.269 e. The Hall–Kier alpha value is -3.48. The Labute approximate surface area is 172 Å². The second kappa shape index (κ2) is 7.09. The molecule has 0 atom stereocenters. The lowest BCUT2D eigenvalue weighted by Gasteiger charge is -2.34. The maximum absolute atomic E-state index is 12.8. The molecule has 30 heavy (non-hydrogen) atoms. The molecular formula is C23H19NO6. The number of rotatable bonds is 3. The predicted octanol–water partition coefficient (Wildman–Crippen LogP) is 4.98. The highest BCUT2D eigenvalue weighted by atomic mass is 16.6. The molecule has 0 fully saturated rings. The normalized spacial score (nSPS) is 19.5. The van der Waals surface area contributed by atoms with Gasteiger partial charge in [0.2, 0.25) is 0 Å². The summed E-state index contributed by atoms with van der Waals surface area (Å²) in [6, 6.07) is 9.64. The van der Waals surface area contributed by atoms with Crippen LogP contribution in [-0.4, -0.2) is 16.5 Å². The van der Waals surface area contributed by atoms with E-state index < -0.39 is 10.8 Å². The van der Waals surface area contributed by atoms with Crippen LogP contribution in [0.25, 0.3) is 11.3 Å². The highest BCUT2D eigenvalue weighted by molar-refractivity contribution is 6.05. The number of hydrogen-bond acceptors (Lipinski definition) is 6. The summed E-state index contributed by atoms with van der Waals surface area (Å²) >= 11 is 0. The summed E-state index contributed by atoms with van der Waals surface area (Å²) in [5.74, 6) is 1.84. The van der Waals surface area contributed by atoms with Crippen molar-refractivity contribution in [3.05, 3.63) is 74.9 Å². The van der Waals surface area contributed by atoms with Gasteiger partial charge in [-0.25, -0.2) is 0 Å². The number of furan rings is 1. The Bertz CT molecular complexity index is 1090. The molecule has 1 aliphatic heterocycles. The third kappa shape index (κ3) is 2.98. The molecule has 0 saturated heterocycles. The second-order valence-electron chi connectivity index (χ2n) is 7.77. The van der Waals surface area contributed by atoms with Gasteiger partial charge in [0.1, 0.15) is 23.0 Å². The third-order valence-corrected chi connectivity index (χ3v) is 5.91. The molecule has 2 heterocycles. The number of benzene rings is 1. The molecule has 1 aromatic heterocycles. The van der Waals surface area contributed by atoms with Crippen LogP contribution in [0.5, 0.6) is 0 Å². The molecule has 5 rings (SSSR count). The van der Waals surface area contributed by atoms with E-state index in [2.05, 4.69) is 0 Å². The minimum absolute atomic E-state index is 0.000147. The Morgan fingerprint density at radius 1 is 0.833 bits per heavy atom. The van der Waals surface area contributed by atoms with E-state index in [1.165, 1.54) is 12.1 Å². The zero-order valence-corrected chi connectivity index (χ0v) is 16.2. The molecule has 0 bridgehead atoms. The van der Waals surface area contributed by atoms with Crippen LogP contribution >= 0.6 is 0 Å². The first-order valence-electron chi connectivity index (χ1n) is 10.1. The van der Waals surface area contributed by atoms with E-state index in [0.29, 0.717) is 65.4 Å². The van der Waals surface area contributed by atoms with E-state index >= 15 is 0 Å². The minimum Gasteiger partial charge on any atom is -0.465 e. The summed E-state index contributed by atoms with van der Waals surface area (Å²) in [5.41, 5.74) is 1.77. The second-order valence-corrected chi connectivity index (χ2v) is 7.77. The summed E-state index contributed by atoms with van der Waals surface area (Å²) < 4.78 is 12.1. The Balaban J connectivity index is 1.58. The topological polar surface area (TPSA) is 99.6 Å². The largest absolute Gasteiger partial charge is 0.465 e. The molecule has 152 valence electrons. The van der Waals surface area contributed by atoms with Crippen LogP contribution < -0.4 is 0 Å². The van der Waals surface area contributed by atoms with Crippen LogP contribution in [-0.2, 0) is 14.3 Å². The molecule has 7 nitrogen and oxygen atoms in total. The SMILES string of the molecule is O=C1CCCC2=C1C(c1ccc(-c3ccc([N+](=O)[O-])cc3)o1)C1=C(CCCC1=O)O2. The van der Waals surface area contributed by atoms with Crippen molar-refractivity contribution in [2.45, 2.75) is 44.4 Å². The Morgan fingerprint density at radius 2 is 1.43 bits per heavy atom. The lowest BCUT2D eigenvalue weighted by Crippen LogP contribution is -2.30. The first kappa shape index (κ1) is 18.5. The van der Waals surface area contributed by atoms with E-state index in [9.17, 15) is 19.7 Å². The molecule has 0 saturated carbocycles. The predicted molar refractivity (Wildman–Crippen MR) is 106 cm³/mol. The van der Waals surface area contributed by atoms with Gasteiger partial charge in [-0.3, -0.25) is 19.7 Å². The third-order valence-electron chi connectivity index (χ3n) is 5.91. The summed E-state index contributed by atoms with van der Waals surface area (Å²) in [6.45, 7) is 0. The maximum atomic E-state index is 12.8. The van der Waals surface area contributed by atoms with E-state index in [1.807, 2.05) is 0 Å². The molecule has 0 N–H and O–H groups in total. The smallest absolute Gasteiger partial charge is 0.269 e. The van der Waals surface area contributed by atoms with Gasteiger partial charge in [0, 0.05) is 54.5 Å². The average molecular weight is 405 g/mol.